The topological polar surface area (TPSA) is 83.6 Å². The smallest absolute Gasteiger partial charge is 0.305 e. The largest absolute Gasteiger partial charge is 0.481 e. The summed E-state index contributed by atoms with van der Waals surface area (Å²) >= 11 is 0. The lowest BCUT2D eigenvalue weighted by molar-refractivity contribution is -0.138. The molecule has 1 aromatic carbocycles. The number of amides is 1. The molecule has 0 spiro atoms. The average molecular weight is 358 g/mol. The lowest BCUT2D eigenvalue weighted by Crippen LogP contribution is -2.36. The van der Waals surface area contributed by atoms with Crippen molar-refractivity contribution in [3.8, 4) is 11.3 Å². The summed E-state index contributed by atoms with van der Waals surface area (Å²) in [7, 11) is 0. The Bertz CT molecular complexity index is 735. The summed E-state index contributed by atoms with van der Waals surface area (Å²) in [5.74, 6) is 0.494. The van der Waals surface area contributed by atoms with Gasteiger partial charge in [-0.3, -0.25) is 9.59 Å². The molecule has 0 bridgehead atoms. The van der Waals surface area contributed by atoms with Gasteiger partial charge in [0.05, 0.1) is 12.6 Å². The maximum Gasteiger partial charge on any atom is 0.305 e. The fourth-order valence-corrected chi connectivity index (χ4v) is 2.64. The highest BCUT2D eigenvalue weighted by Crippen LogP contribution is 2.21. The fraction of sp³-hybridized carbons (Fsp3) is 0.450. The van der Waals surface area contributed by atoms with Crippen molar-refractivity contribution in [1.82, 2.24) is 9.88 Å². The number of carbonyl (C=O) groups excluding carboxylic acids is 1. The van der Waals surface area contributed by atoms with Gasteiger partial charge in [-0.15, -0.1) is 0 Å². The van der Waals surface area contributed by atoms with Gasteiger partial charge in [0.15, 0.2) is 11.7 Å². The number of benzene rings is 1. The Morgan fingerprint density at radius 1 is 1.19 bits per heavy atom. The van der Waals surface area contributed by atoms with E-state index in [-0.39, 0.29) is 31.2 Å². The second-order valence-electron chi connectivity index (χ2n) is 6.86. The van der Waals surface area contributed by atoms with E-state index in [0.717, 1.165) is 5.56 Å². The molecule has 0 aliphatic heterocycles. The summed E-state index contributed by atoms with van der Waals surface area (Å²) in [6.07, 6.45) is 2.27. The van der Waals surface area contributed by atoms with E-state index >= 15 is 0 Å². The van der Waals surface area contributed by atoms with Crippen molar-refractivity contribution in [2.45, 2.75) is 40.0 Å². The van der Waals surface area contributed by atoms with Crippen LogP contribution in [0.2, 0.25) is 0 Å². The SMILES string of the molecule is Cc1ccc(-c2cnc(CCC(=O)N(CCC(=O)O)CC(C)C)o2)cc1. The first-order valence-corrected chi connectivity index (χ1v) is 8.86. The second-order valence-corrected chi connectivity index (χ2v) is 6.86. The Kier molecular flexibility index (Phi) is 6.95. The number of carboxylic acid groups (broad SMARTS) is 1. The number of aromatic nitrogens is 1. The van der Waals surface area contributed by atoms with Gasteiger partial charge in [0.2, 0.25) is 5.91 Å². The zero-order valence-corrected chi connectivity index (χ0v) is 15.6. The van der Waals surface area contributed by atoms with E-state index in [1.165, 1.54) is 5.56 Å². The van der Waals surface area contributed by atoms with Gasteiger partial charge in [-0.2, -0.15) is 0 Å². The molecule has 0 saturated heterocycles. The first-order valence-electron chi connectivity index (χ1n) is 8.86. The number of hydrogen-bond acceptors (Lipinski definition) is 4. The molecule has 6 nitrogen and oxygen atoms in total. The molecular formula is C20H26N2O4. The van der Waals surface area contributed by atoms with E-state index in [9.17, 15) is 9.59 Å². The van der Waals surface area contributed by atoms with Crippen LogP contribution >= 0.6 is 0 Å². The number of aryl methyl sites for hydroxylation is 2. The van der Waals surface area contributed by atoms with Crippen LogP contribution in [0.25, 0.3) is 11.3 Å². The van der Waals surface area contributed by atoms with Crippen LogP contribution in [0.15, 0.2) is 34.9 Å². The first kappa shape index (κ1) is 19.7. The molecule has 0 radical (unpaired) electrons. The summed E-state index contributed by atoms with van der Waals surface area (Å²) in [6.45, 7) is 6.80. The molecule has 0 atom stereocenters. The zero-order valence-electron chi connectivity index (χ0n) is 15.6. The summed E-state index contributed by atoms with van der Waals surface area (Å²) in [5, 5.41) is 8.85. The maximum atomic E-state index is 12.4. The number of aliphatic carboxylic acids is 1. The quantitative estimate of drug-likeness (QED) is 0.741. The van der Waals surface area contributed by atoms with E-state index < -0.39 is 5.97 Å². The zero-order chi connectivity index (χ0) is 19.1. The van der Waals surface area contributed by atoms with Crippen molar-refractivity contribution < 1.29 is 19.1 Å². The molecule has 0 aliphatic carbocycles. The third-order valence-corrected chi connectivity index (χ3v) is 3.98. The third kappa shape index (κ3) is 6.02. The number of carboxylic acids is 1. The number of hydrogen-bond donors (Lipinski definition) is 1. The van der Waals surface area contributed by atoms with Gasteiger partial charge in [-0.1, -0.05) is 43.7 Å². The lowest BCUT2D eigenvalue weighted by atomic mass is 10.1. The van der Waals surface area contributed by atoms with Crippen LogP contribution in [-0.4, -0.2) is 40.0 Å². The Balaban J connectivity index is 1.94. The number of oxazole rings is 1. The van der Waals surface area contributed by atoms with Crippen LogP contribution in [0.1, 0.15) is 38.1 Å². The van der Waals surface area contributed by atoms with Crippen molar-refractivity contribution in [2.75, 3.05) is 13.1 Å². The molecule has 1 aromatic heterocycles. The van der Waals surface area contributed by atoms with Crippen LogP contribution < -0.4 is 0 Å². The summed E-state index contributed by atoms with van der Waals surface area (Å²) < 4.78 is 5.74. The van der Waals surface area contributed by atoms with Crippen LogP contribution in [0.5, 0.6) is 0 Å². The Morgan fingerprint density at radius 2 is 1.88 bits per heavy atom. The molecule has 1 amide bonds. The highest BCUT2D eigenvalue weighted by Gasteiger charge is 2.17. The van der Waals surface area contributed by atoms with Gasteiger partial charge in [-0.05, 0) is 12.8 Å². The van der Waals surface area contributed by atoms with Crippen LogP contribution in [0.3, 0.4) is 0 Å². The van der Waals surface area contributed by atoms with Gasteiger partial charge in [0.25, 0.3) is 0 Å². The van der Waals surface area contributed by atoms with Crippen molar-refractivity contribution >= 4 is 11.9 Å². The molecular weight excluding hydrogens is 332 g/mol. The maximum absolute atomic E-state index is 12.4. The van der Waals surface area contributed by atoms with Crippen LogP contribution in [-0.2, 0) is 16.0 Å². The predicted octanol–water partition coefficient (Wildman–Crippen LogP) is 3.54. The highest BCUT2D eigenvalue weighted by atomic mass is 16.4. The van der Waals surface area contributed by atoms with E-state index in [1.54, 1.807) is 11.1 Å². The summed E-state index contributed by atoms with van der Waals surface area (Å²) in [4.78, 5) is 29.1. The number of nitrogens with zero attached hydrogens (tertiary/aromatic N) is 2. The molecule has 26 heavy (non-hydrogen) atoms. The molecule has 1 N–H and O–H groups in total. The first-order chi connectivity index (χ1) is 12.3. The average Bonchev–Trinajstić information content (AvgIpc) is 3.05. The Hall–Kier alpha value is -2.63. The van der Waals surface area contributed by atoms with Crippen molar-refractivity contribution in [2.24, 2.45) is 5.92 Å². The molecule has 1 heterocycles. The van der Waals surface area contributed by atoms with E-state index in [1.807, 2.05) is 45.0 Å². The normalized spacial score (nSPS) is 10.9. The van der Waals surface area contributed by atoms with Crippen molar-refractivity contribution in [3.05, 3.63) is 41.9 Å². The summed E-state index contributed by atoms with van der Waals surface area (Å²) in [6, 6.07) is 7.96. The minimum atomic E-state index is -0.901. The molecule has 2 aromatic rings. The van der Waals surface area contributed by atoms with Crippen molar-refractivity contribution in [3.63, 3.8) is 0 Å². The minimum Gasteiger partial charge on any atom is -0.481 e. The molecule has 0 fully saturated rings. The van der Waals surface area contributed by atoms with Gasteiger partial charge in [0.1, 0.15) is 0 Å². The van der Waals surface area contributed by atoms with Gasteiger partial charge in [-0.25, -0.2) is 4.98 Å². The molecule has 0 saturated carbocycles. The molecule has 0 aliphatic rings. The number of rotatable bonds is 9. The lowest BCUT2D eigenvalue weighted by Gasteiger charge is -2.23. The third-order valence-electron chi connectivity index (χ3n) is 3.98. The van der Waals surface area contributed by atoms with Gasteiger partial charge >= 0.3 is 5.97 Å². The van der Waals surface area contributed by atoms with Gasteiger partial charge in [0, 0.05) is 31.5 Å². The predicted molar refractivity (Wildman–Crippen MR) is 98.7 cm³/mol. The van der Waals surface area contributed by atoms with E-state index in [0.29, 0.717) is 24.6 Å². The standard InChI is InChI=1S/C20H26N2O4/c1-14(2)13-22(11-10-20(24)25)19(23)9-8-18-21-12-17(26-18)16-6-4-15(3)5-7-16/h4-7,12,14H,8-11,13H2,1-3H3,(H,24,25). The molecule has 6 heteroatoms. The fourth-order valence-electron chi connectivity index (χ4n) is 2.64. The Labute approximate surface area is 153 Å². The van der Waals surface area contributed by atoms with Crippen molar-refractivity contribution in [1.29, 1.82) is 0 Å². The minimum absolute atomic E-state index is 0.0466. The second kappa shape index (κ2) is 9.17. The van der Waals surface area contributed by atoms with Crippen LogP contribution in [0.4, 0.5) is 0 Å². The number of carbonyl (C=O) groups is 2. The van der Waals surface area contributed by atoms with E-state index in [2.05, 4.69) is 4.98 Å². The summed E-state index contributed by atoms with van der Waals surface area (Å²) in [5.41, 5.74) is 2.12. The van der Waals surface area contributed by atoms with E-state index in [4.69, 9.17) is 9.52 Å². The monoisotopic (exact) mass is 358 g/mol. The molecule has 2 rings (SSSR count). The molecule has 0 unspecified atom stereocenters. The molecule has 140 valence electrons. The van der Waals surface area contributed by atoms with Gasteiger partial charge < -0.3 is 14.4 Å². The highest BCUT2D eigenvalue weighted by molar-refractivity contribution is 5.77. The van der Waals surface area contributed by atoms with Crippen LogP contribution in [0, 0.1) is 12.8 Å². The Morgan fingerprint density at radius 3 is 2.50 bits per heavy atom.